The zero-order valence-corrected chi connectivity index (χ0v) is 40.1. The number of allylic oxidation sites excluding steroid dienone is 4. The molecular weight excluding hydrogens is 823 g/mol. The van der Waals surface area contributed by atoms with Crippen molar-refractivity contribution in [2.45, 2.75) is 175 Å². The molecule has 0 saturated carbocycles. The van der Waals surface area contributed by atoms with Gasteiger partial charge in [-0.25, -0.2) is 14.3 Å². The smallest absolute Gasteiger partial charge is 0.360 e. The molecule has 2 fully saturated rings. The molecule has 1 aromatic heterocycles. The summed E-state index contributed by atoms with van der Waals surface area (Å²) in [7, 11) is 1.29. The van der Waals surface area contributed by atoms with E-state index in [1.165, 1.54) is 47.0 Å². The van der Waals surface area contributed by atoms with Gasteiger partial charge in [-0.05, 0) is 70.1 Å². The van der Waals surface area contributed by atoms with E-state index >= 15 is 0 Å². The largest absolute Gasteiger partial charge is 0.464 e. The first-order valence-electron chi connectivity index (χ1n) is 23.4. The number of aliphatic hydroxyl groups is 4. The minimum atomic E-state index is -2.20. The summed E-state index contributed by atoms with van der Waals surface area (Å²) in [4.78, 5) is 53.0. The van der Waals surface area contributed by atoms with E-state index in [-0.39, 0.29) is 47.6 Å². The molecule has 360 valence electrons. The van der Waals surface area contributed by atoms with Crippen LogP contribution in [0.5, 0.6) is 0 Å². The van der Waals surface area contributed by atoms with Crippen molar-refractivity contribution in [3.63, 3.8) is 0 Å². The van der Waals surface area contributed by atoms with Gasteiger partial charge in [-0.2, -0.15) is 0 Å². The lowest BCUT2D eigenvalue weighted by Crippen LogP contribution is -2.62. The van der Waals surface area contributed by atoms with Crippen molar-refractivity contribution in [3.8, 4) is 0 Å². The number of esters is 2. The number of methoxy groups -OCH3 is 1. The van der Waals surface area contributed by atoms with E-state index in [9.17, 15) is 39.6 Å². The molecule has 18 atom stereocenters. The second-order valence-electron chi connectivity index (χ2n) is 19.5. The van der Waals surface area contributed by atoms with Crippen LogP contribution >= 0.6 is 0 Å². The average Bonchev–Trinajstić information content (AvgIpc) is 3.78. The Labute approximate surface area is 380 Å². The summed E-state index contributed by atoms with van der Waals surface area (Å²) in [5, 5.41) is 53.2. The summed E-state index contributed by atoms with van der Waals surface area (Å²) in [5.74, 6) is -8.25. The van der Waals surface area contributed by atoms with Crippen LogP contribution in [0.2, 0.25) is 0 Å². The molecule has 4 N–H and O–H groups in total. The third-order valence-corrected chi connectivity index (χ3v) is 14.8. The summed E-state index contributed by atoms with van der Waals surface area (Å²) in [5.41, 5.74) is -2.09. The average molecular weight is 900 g/mol. The third kappa shape index (κ3) is 12.2. The molecule has 0 amide bonds. The SMILES string of the molecule is CC[C@H]1/C=C/C=C/C[C@@H](C)[C@H](O)[C@@](C)(O)C(=O)[C@@H](C)[C@H](O)[C@@H](C)C(=O)[C@@H](C)[C@H](O)[C@@H](C)/C=C/C(=O)O[C@@H]2[C@H](C)[C@H](CC1)O[C@]1(CC[C@H](C)[C@H](C[C@H](C)n3cc(C(=O)OC)nn3)O1)[C@@H]2C. The Hall–Kier alpha value is -3.60. The van der Waals surface area contributed by atoms with Crippen molar-refractivity contribution in [2.24, 2.45) is 53.3 Å². The molecule has 3 aliphatic rings. The topological polar surface area (TPSA) is 217 Å². The van der Waals surface area contributed by atoms with Crippen molar-refractivity contribution >= 4 is 23.5 Å². The van der Waals surface area contributed by atoms with Crippen LogP contribution in [0.4, 0.5) is 0 Å². The number of Topliss-reactive ketones (excluding diaryl/α,β-unsaturated/α-hetero) is 2. The maximum Gasteiger partial charge on any atom is 0.360 e. The van der Waals surface area contributed by atoms with Gasteiger partial charge in [0.2, 0.25) is 0 Å². The first kappa shape index (κ1) is 53.0. The Balaban J connectivity index is 1.66. The first-order chi connectivity index (χ1) is 30.0. The standard InChI is InChI=1S/C49H77N3O12/c1-13-36-18-16-14-15-17-29(4)45(57)48(11,60)46(58)34(9)43(56)33(8)42(55)32(7)41(54)28(3)19-22-40(53)62-44-31(6)38(21-20-36)63-49(35(44)10)24-23-27(2)39(64-49)25-30(5)52-26-37(50-51-52)47(59)61-12/h14-16,18-19,22,26-36,38-39,41,43-45,54,56-57,60H,13,17,20-21,23-25H2,1-12H3/b15-14+,18-16+,22-19+/t27-,28-,29+,30-,31+,32-,33-,34-,35+,36-,38-,39-,41+,43+,44+,45-,48+,49-/m0/s1. The maximum atomic E-state index is 13.7. The molecular formula is C49H77N3O12. The monoisotopic (exact) mass is 900 g/mol. The second-order valence-corrected chi connectivity index (χ2v) is 19.5. The van der Waals surface area contributed by atoms with Crippen LogP contribution in [0.1, 0.15) is 138 Å². The van der Waals surface area contributed by atoms with Crippen molar-refractivity contribution in [1.82, 2.24) is 15.0 Å². The van der Waals surface area contributed by atoms with Gasteiger partial charge in [-0.3, -0.25) is 9.59 Å². The molecule has 2 bridgehead atoms. The third-order valence-electron chi connectivity index (χ3n) is 14.8. The lowest BCUT2D eigenvalue weighted by atomic mass is 9.74. The summed E-state index contributed by atoms with van der Waals surface area (Å²) < 4.78 is 26.9. The summed E-state index contributed by atoms with van der Waals surface area (Å²) >= 11 is 0. The van der Waals surface area contributed by atoms with Crippen LogP contribution in [0.15, 0.2) is 42.7 Å². The molecule has 2 saturated heterocycles. The predicted molar refractivity (Wildman–Crippen MR) is 239 cm³/mol. The molecule has 0 aromatic carbocycles. The molecule has 3 aliphatic heterocycles. The van der Waals surface area contributed by atoms with Crippen molar-refractivity contribution in [3.05, 3.63) is 48.3 Å². The number of ketones is 2. The molecule has 4 heterocycles. The highest BCUT2D eigenvalue weighted by Gasteiger charge is 2.56. The number of nitrogens with zero attached hydrogens (tertiary/aromatic N) is 3. The normalized spacial score (nSPS) is 42.3. The number of hydrogen-bond acceptors (Lipinski definition) is 14. The number of carbonyl (C=O) groups is 4. The fourth-order valence-corrected chi connectivity index (χ4v) is 9.81. The second kappa shape index (κ2) is 22.7. The van der Waals surface area contributed by atoms with Crippen LogP contribution < -0.4 is 0 Å². The van der Waals surface area contributed by atoms with Crippen LogP contribution in [0.25, 0.3) is 0 Å². The zero-order valence-electron chi connectivity index (χ0n) is 40.1. The van der Waals surface area contributed by atoms with Crippen LogP contribution in [-0.2, 0) is 33.3 Å². The molecule has 15 heteroatoms. The van der Waals surface area contributed by atoms with Gasteiger partial charge in [-0.1, -0.05) is 97.9 Å². The molecule has 1 aromatic rings. The maximum absolute atomic E-state index is 13.7. The number of hydrogen-bond donors (Lipinski definition) is 4. The molecule has 15 nitrogen and oxygen atoms in total. The lowest BCUT2D eigenvalue weighted by molar-refractivity contribution is -0.370. The van der Waals surface area contributed by atoms with E-state index < -0.39 is 88.9 Å². The van der Waals surface area contributed by atoms with E-state index in [0.717, 1.165) is 19.3 Å². The number of aromatic nitrogens is 3. The van der Waals surface area contributed by atoms with Crippen LogP contribution in [0.3, 0.4) is 0 Å². The van der Waals surface area contributed by atoms with Crippen LogP contribution in [-0.4, -0.2) is 114 Å². The van der Waals surface area contributed by atoms with Gasteiger partial charge >= 0.3 is 11.9 Å². The molecule has 0 aliphatic carbocycles. The van der Waals surface area contributed by atoms with Crippen molar-refractivity contribution < 1.29 is 58.6 Å². The van der Waals surface area contributed by atoms with E-state index in [0.29, 0.717) is 25.7 Å². The number of carbonyl (C=O) groups excluding carboxylic acids is 4. The number of rotatable bonds is 5. The number of fused-ring (bicyclic) bond motifs is 2. The van der Waals surface area contributed by atoms with Gasteiger partial charge < -0.3 is 39.4 Å². The Morgan fingerprint density at radius 2 is 1.59 bits per heavy atom. The Bertz CT molecular complexity index is 1830. The van der Waals surface area contributed by atoms with E-state index in [2.05, 4.69) is 30.2 Å². The van der Waals surface area contributed by atoms with Crippen molar-refractivity contribution in [2.75, 3.05) is 7.11 Å². The van der Waals surface area contributed by atoms with Crippen molar-refractivity contribution in [1.29, 1.82) is 0 Å². The Morgan fingerprint density at radius 3 is 2.25 bits per heavy atom. The van der Waals surface area contributed by atoms with Gasteiger partial charge in [0.1, 0.15) is 17.5 Å². The zero-order chi connectivity index (χ0) is 47.8. The number of aliphatic hydroxyl groups excluding tert-OH is 3. The van der Waals surface area contributed by atoms with E-state index in [1.807, 2.05) is 39.0 Å². The van der Waals surface area contributed by atoms with Gasteiger partial charge in [0.15, 0.2) is 17.3 Å². The van der Waals surface area contributed by atoms with Gasteiger partial charge in [0.05, 0.1) is 49.9 Å². The predicted octanol–water partition coefficient (Wildman–Crippen LogP) is 6.14. The minimum Gasteiger partial charge on any atom is -0.464 e. The number of ether oxygens (including phenoxy) is 4. The molecule has 0 radical (unpaired) electrons. The van der Waals surface area contributed by atoms with Gasteiger partial charge in [0, 0.05) is 48.0 Å². The van der Waals surface area contributed by atoms with Crippen LogP contribution in [0, 0.1) is 53.3 Å². The van der Waals surface area contributed by atoms with E-state index in [4.69, 9.17) is 18.9 Å². The minimum absolute atomic E-state index is 0.115. The summed E-state index contributed by atoms with van der Waals surface area (Å²) in [6, 6.07) is -0.177. The summed E-state index contributed by atoms with van der Waals surface area (Å²) in [6.07, 6.45) is 11.4. The van der Waals surface area contributed by atoms with Gasteiger partial charge in [0.25, 0.3) is 0 Å². The lowest BCUT2D eigenvalue weighted by Gasteiger charge is -2.55. The summed E-state index contributed by atoms with van der Waals surface area (Å²) in [6.45, 7) is 19.3. The Kier molecular flexibility index (Phi) is 18.8. The Morgan fingerprint density at radius 1 is 0.922 bits per heavy atom. The fourth-order valence-electron chi connectivity index (χ4n) is 9.81. The molecule has 0 unspecified atom stereocenters. The van der Waals surface area contributed by atoms with Gasteiger partial charge in [-0.15, -0.1) is 5.10 Å². The molecule has 4 rings (SSSR count). The quantitative estimate of drug-likeness (QED) is 0.244. The highest BCUT2D eigenvalue weighted by molar-refractivity contribution is 5.91. The van der Waals surface area contributed by atoms with E-state index in [1.54, 1.807) is 24.7 Å². The first-order valence-corrected chi connectivity index (χ1v) is 23.4. The molecule has 1 spiro atoms. The highest BCUT2D eigenvalue weighted by atomic mass is 16.7. The fraction of sp³-hybridized carbons (Fsp3) is 0.755. The highest BCUT2D eigenvalue weighted by Crippen LogP contribution is 2.49. The molecule has 64 heavy (non-hydrogen) atoms.